The Morgan fingerprint density at radius 3 is 2.90 bits per heavy atom. The predicted molar refractivity (Wildman–Crippen MR) is 83.7 cm³/mol. The summed E-state index contributed by atoms with van der Waals surface area (Å²) in [5.41, 5.74) is 2.64. The molecule has 0 spiro atoms. The topological polar surface area (TPSA) is 64.3 Å². The first-order valence-corrected chi connectivity index (χ1v) is 7.72. The average molecular weight is 353 g/mol. The van der Waals surface area contributed by atoms with Crippen molar-refractivity contribution in [2.24, 2.45) is 0 Å². The molecule has 6 heteroatoms. The molecule has 2 atom stereocenters. The van der Waals surface area contributed by atoms with E-state index in [4.69, 9.17) is 4.74 Å². The maximum Gasteiger partial charge on any atom is 0.261 e. The number of aryl methyl sites for hydroxylation is 1. The van der Waals surface area contributed by atoms with Crippen molar-refractivity contribution in [1.82, 2.24) is 9.55 Å². The Labute approximate surface area is 130 Å². The Morgan fingerprint density at radius 2 is 2.19 bits per heavy atom. The minimum Gasteiger partial charge on any atom is -0.391 e. The van der Waals surface area contributed by atoms with E-state index in [2.05, 4.69) is 20.9 Å². The van der Waals surface area contributed by atoms with Gasteiger partial charge in [0.15, 0.2) is 0 Å². The van der Waals surface area contributed by atoms with Crippen molar-refractivity contribution in [1.29, 1.82) is 0 Å². The number of rotatable bonds is 1. The van der Waals surface area contributed by atoms with Crippen LogP contribution in [0.2, 0.25) is 0 Å². The zero-order valence-electron chi connectivity index (χ0n) is 12.0. The molecule has 21 heavy (non-hydrogen) atoms. The number of halogens is 1. The fourth-order valence-corrected chi connectivity index (χ4v) is 3.24. The number of benzene rings is 1. The van der Waals surface area contributed by atoms with E-state index >= 15 is 0 Å². The summed E-state index contributed by atoms with van der Waals surface area (Å²) in [7, 11) is 0. The van der Waals surface area contributed by atoms with Crippen LogP contribution >= 0.6 is 15.9 Å². The van der Waals surface area contributed by atoms with Crippen LogP contribution in [0.4, 0.5) is 0 Å². The number of hydrogen-bond donors (Lipinski definition) is 1. The molecule has 1 aromatic heterocycles. The number of nitrogens with zero attached hydrogens (tertiary/aromatic N) is 2. The fourth-order valence-electron chi connectivity index (χ4n) is 2.72. The highest BCUT2D eigenvalue weighted by Gasteiger charge is 2.27. The number of aliphatic hydroxyl groups excluding tert-OH is 1. The zero-order valence-corrected chi connectivity index (χ0v) is 13.6. The van der Waals surface area contributed by atoms with Crippen LogP contribution in [-0.4, -0.2) is 34.0 Å². The smallest absolute Gasteiger partial charge is 0.261 e. The van der Waals surface area contributed by atoms with Crippen LogP contribution in [0.1, 0.15) is 23.6 Å². The minimum atomic E-state index is -0.578. The molecule has 5 nitrogen and oxygen atoms in total. The largest absolute Gasteiger partial charge is 0.391 e. The molecule has 1 aliphatic rings. The van der Waals surface area contributed by atoms with Crippen molar-refractivity contribution in [2.45, 2.75) is 32.4 Å². The van der Waals surface area contributed by atoms with Gasteiger partial charge in [0.2, 0.25) is 0 Å². The number of hydrogen-bond acceptors (Lipinski definition) is 4. The normalized spacial score (nSPS) is 22.7. The molecular formula is C15H17BrN2O3. The molecule has 2 aromatic rings. The summed E-state index contributed by atoms with van der Waals surface area (Å²) >= 11 is 3.48. The highest BCUT2D eigenvalue weighted by molar-refractivity contribution is 9.10. The summed E-state index contributed by atoms with van der Waals surface area (Å²) in [5.74, 6) is 0. The molecule has 1 aromatic carbocycles. The van der Waals surface area contributed by atoms with Crippen molar-refractivity contribution in [3.8, 4) is 0 Å². The Bertz CT molecular complexity index is 757. The fraction of sp³-hybridized carbons (Fsp3) is 0.467. The van der Waals surface area contributed by atoms with Gasteiger partial charge in [0, 0.05) is 11.1 Å². The van der Waals surface area contributed by atoms with Crippen molar-refractivity contribution in [3.05, 3.63) is 38.3 Å². The third-order valence-electron chi connectivity index (χ3n) is 4.23. The maximum atomic E-state index is 12.7. The highest BCUT2D eigenvalue weighted by atomic mass is 79.9. The molecule has 3 rings (SSSR count). The van der Waals surface area contributed by atoms with Gasteiger partial charge in [-0.25, -0.2) is 4.98 Å². The van der Waals surface area contributed by atoms with E-state index in [1.807, 2.05) is 13.8 Å². The van der Waals surface area contributed by atoms with Gasteiger partial charge < -0.3 is 9.84 Å². The number of aliphatic hydroxyl groups is 1. The van der Waals surface area contributed by atoms with Gasteiger partial charge in [-0.05, 0) is 37.5 Å². The first kappa shape index (κ1) is 14.7. The Balaban J connectivity index is 2.21. The van der Waals surface area contributed by atoms with Crippen molar-refractivity contribution in [3.63, 3.8) is 0 Å². The number of ether oxygens (including phenoxy) is 1. The van der Waals surface area contributed by atoms with E-state index in [0.717, 1.165) is 15.6 Å². The first-order valence-electron chi connectivity index (χ1n) is 6.93. The second-order valence-corrected chi connectivity index (χ2v) is 6.31. The summed E-state index contributed by atoms with van der Waals surface area (Å²) in [6.07, 6.45) is 1.48. The highest BCUT2D eigenvalue weighted by Crippen LogP contribution is 2.26. The molecule has 1 N–H and O–H groups in total. The van der Waals surface area contributed by atoms with Crippen LogP contribution in [-0.2, 0) is 4.74 Å². The van der Waals surface area contributed by atoms with Crippen LogP contribution in [0.15, 0.2) is 21.7 Å². The molecule has 0 aliphatic carbocycles. The summed E-state index contributed by atoms with van der Waals surface area (Å²) in [4.78, 5) is 17.2. The van der Waals surface area contributed by atoms with Gasteiger partial charge in [0.1, 0.15) is 0 Å². The second-order valence-electron chi connectivity index (χ2n) is 5.46. The van der Waals surface area contributed by atoms with Crippen LogP contribution in [0.3, 0.4) is 0 Å². The summed E-state index contributed by atoms with van der Waals surface area (Å²) in [5, 5.41) is 10.7. The third-order valence-corrected chi connectivity index (χ3v) is 5.05. The molecule has 0 bridgehead atoms. The predicted octanol–water partition coefficient (Wildman–Crippen LogP) is 2.10. The van der Waals surface area contributed by atoms with E-state index in [1.54, 1.807) is 6.07 Å². The van der Waals surface area contributed by atoms with Gasteiger partial charge in [0.05, 0.1) is 36.0 Å². The van der Waals surface area contributed by atoms with E-state index in [9.17, 15) is 9.90 Å². The van der Waals surface area contributed by atoms with Crippen LogP contribution in [0.25, 0.3) is 10.9 Å². The number of aromatic nitrogens is 2. The van der Waals surface area contributed by atoms with E-state index in [0.29, 0.717) is 30.5 Å². The van der Waals surface area contributed by atoms with Crippen molar-refractivity contribution >= 4 is 26.8 Å². The lowest BCUT2D eigenvalue weighted by molar-refractivity contribution is -0.0303. The van der Waals surface area contributed by atoms with Crippen molar-refractivity contribution < 1.29 is 9.84 Å². The summed E-state index contributed by atoms with van der Waals surface area (Å²) < 4.78 is 7.77. The zero-order chi connectivity index (χ0) is 15.1. The van der Waals surface area contributed by atoms with Gasteiger partial charge in [-0.15, -0.1) is 0 Å². The van der Waals surface area contributed by atoms with Crippen LogP contribution in [0.5, 0.6) is 0 Å². The molecule has 2 heterocycles. The van der Waals surface area contributed by atoms with Crippen LogP contribution < -0.4 is 5.56 Å². The SMILES string of the molecule is Cc1c(Br)cc2c(=O)n(C3COCCC3O)cnc2c1C. The molecular weight excluding hydrogens is 336 g/mol. The molecule has 1 aliphatic heterocycles. The quantitative estimate of drug-likeness (QED) is 0.853. The van der Waals surface area contributed by atoms with Gasteiger partial charge in [-0.3, -0.25) is 9.36 Å². The molecule has 1 saturated heterocycles. The second kappa shape index (κ2) is 5.51. The lowest BCUT2D eigenvalue weighted by Crippen LogP contribution is -2.39. The van der Waals surface area contributed by atoms with Crippen LogP contribution in [0, 0.1) is 13.8 Å². The maximum absolute atomic E-state index is 12.7. The summed E-state index contributed by atoms with van der Waals surface area (Å²) in [6, 6.07) is 1.43. The lowest BCUT2D eigenvalue weighted by Gasteiger charge is -2.29. The van der Waals surface area contributed by atoms with Gasteiger partial charge in [-0.1, -0.05) is 15.9 Å². The van der Waals surface area contributed by atoms with Gasteiger partial charge in [0.25, 0.3) is 5.56 Å². The minimum absolute atomic E-state index is 0.140. The molecule has 0 radical (unpaired) electrons. The monoisotopic (exact) mass is 352 g/mol. The molecule has 0 saturated carbocycles. The van der Waals surface area contributed by atoms with Crippen molar-refractivity contribution in [2.75, 3.05) is 13.2 Å². The summed E-state index contributed by atoms with van der Waals surface area (Å²) in [6.45, 7) is 4.81. The Hall–Kier alpha value is -1.24. The molecule has 112 valence electrons. The first-order chi connectivity index (χ1) is 10.0. The Morgan fingerprint density at radius 1 is 1.43 bits per heavy atom. The van der Waals surface area contributed by atoms with E-state index in [-0.39, 0.29) is 11.6 Å². The van der Waals surface area contributed by atoms with E-state index in [1.165, 1.54) is 10.9 Å². The molecule has 0 amide bonds. The standard InChI is InChI=1S/C15H17BrN2O3/c1-8-9(2)14-10(5-11(8)16)15(20)18(7-17-14)12-6-21-4-3-13(12)19/h5,7,12-13,19H,3-4,6H2,1-2H3. The van der Waals surface area contributed by atoms with Gasteiger partial charge >= 0.3 is 0 Å². The lowest BCUT2D eigenvalue weighted by atomic mass is 10.0. The molecule has 1 fully saturated rings. The van der Waals surface area contributed by atoms with E-state index < -0.39 is 6.10 Å². The molecule has 2 unspecified atom stereocenters. The third kappa shape index (κ3) is 2.41. The van der Waals surface area contributed by atoms with Gasteiger partial charge in [-0.2, -0.15) is 0 Å². The number of fused-ring (bicyclic) bond motifs is 1. The Kier molecular flexibility index (Phi) is 3.86. The average Bonchev–Trinajstić information content (AvgIpc) is 2.47.